The van der Waals surface area contributed by atoms with Crippen molar-refractivity contribution >= 4 is 34.9 Å². The number of carboxylic acid groups (broad SMARTS) is 1. The monoisotopic (exact) mass is 445 g/mol. The van der Waals surface area contributed by atoms with Gasteiger partial charge in [0.2, 0.25) is 5.91 Å². The number of aromatic hydroxyl groups is 1. The van der Waals surface area contributed by atoms with Gasteiger partial charge in [0.1, 0.15) is 23.7 Å². The van der Waals surface area contributed by atoms with Gasteiger partial charge < -0.3 is 20.3 Å². The zero-order valence-corrected chi connectivity index (χ0v) is 17.9. The number of ether oxygens (including phenoxy) is 1. The number of Topliss-reactive ketones (excluding diaryl/α,β-unsaturated/α-hetero) is 1. The van der Waals surface area contributed by atoms with Gasteiger partial charge in [-0.1, -0.05) is 37.3 Å². The van der Waals surface area contributed by atoms with Crippen LogP contribution in [0, 0.1) is 12.8 Å². The molecule has 3 rings (SSSR count). The highest BCUT2D eigenvalue weighted by Gasteiger charge is 2.22. The average Bonchev–Trinajstić information content (AvgIpc) is 3.18. The van der Waals surface area contributed by atoms with Gasteiger partial charge in [-0.2, -0.15) is 0 Å². The fraction of sp³-hybridized carbons (Fsp3) is 0.348. The maximum Gasteiger partial charge on any atom is 0.312 e. The normalized spacial score (nSPS) is 13.7. The second-order valence-electron chi connectivity index (χ2n) is 7.78. The van der Waals surface area contributed by atoms with Crippen LogP contribution in [0.25, 0.3) is 0 Å². The van der Waals surface area contributed by atoms with Crippen molar-refractivity contribution in [2.45, 2.75) is 45.4 Å². The van der Waals surface area contributed by atoms with Crippen molar-refractivity contribution in [3.05, 3.63) is 46.5 Å². The molecule has 0 heterocycles. The lowest BCUT2D eigenvalue weighted by atomic mass is 9.96. The Balaban J connectivity index is 1.76. The summed E-state index contributed by atoms with van der Waals surface area (Å²) in [5.74, 6) is -1.06. The number of anilines is 1. The van der Waals surface area contributed by atoms with Gasteiger partial charge in [0.15, 0.2) is 5.78 Å². The molecule has 0 saturated heterocycles. The Bertz CT molecular complexity index is 990. The molecule has 1 amide bonds. The third-order valence-electron chi connectivity index (χ3n) is 5.26. The van der Waals surface area contributed by atoms with Crippen LogP contribution in [0.4, 0.5) is 5.69 Å². The number of carbonyl (C=O) groups excluding carboxylic acids is 2. The third-order valence-corrected chi connectivity index (χ3v) is 5.54. The molecule has 0 spiro atoms. The van der Waals surface area contributed by atoms with E-state index in [-0.39, 0.29) is 22.1 Å². The van der Waals surface area contributed by atoms with E-state index < -0.39 is 18.3 Å². The zero-order valence-electron chi connectivity index (χ0n) is 17.1. The molecule has 2 aromatic rings. The number of phenols is 1. The number of ketones is 1. The summed E-state index contributed by atoms with van der Waals surface area (Å²) in [6, 6.07) is 7.52. The summed E-state index contributed by atoms with van der Waals surface area (Å²) in [7, 11) is 0. The molecule has 1 aliphatic rings. The van der Waals surface area contributed by atoms with Crippen molar-refractivity contribution in [3.8, 4) is 17.2 Å². The molecule has 8 heteroatoms. The average molecular weight is 446 g/mol. The van der Waals surface area contributed by atoms with Crippen LogP contribution in [-0.2, 0) is 9.59 Å². The minimum Gasteiger partial charge on any atom is -0.507 e. The quantitative estimate of drug-likeness (QED) is 0.374. The van der Waals surface area contributed by atoms with Crippen molar-refractivity contribution < 1.29 is 29.3 Å². The molecule has 1 saturated carbocycles. The van der Waals surface area contributed by atoms with E-state index in [0.717, 1.165) is 25.7 Å². The first-order valence-electron chi connectivity index (χ1n) is 10.1. The molecule has 0 aliphatic heterocycles. The Morgan fingerprint density at radius 3 is 2.52 bits per heavy atom. The molecule has 164 valence electrons. The van der Waals surface area contributed by atoms with Crippen molar-refractivity contribution in [1.29, 1.82) is 0 Å². The molecule has 3 N–H and O–H groups in total. The van der Waals surface area contributed by atoms with E-state index in [1.165, 1.54) is 18.2 Å². The molecule has 1 aliphatic carbocycles. The number of nitrogens with one attached hydrogen (secondary N) is 1. The summed E-state index contributed by atoms with van der Waals surface area (Å²) < 4.78 is 5.88. The lowest BCUT2D eigenvalue weighted by Gasteiger charge is -2.15. The van der Waals surface area contributed by atoms with E-state index in [2.05, 4.69) is 5.32 Å². The van der Waals surface area contributed by atoms with Gasteiger partial charge in [0, 0.05) is 12.1 Å². The predicted molar refractivity (Wildman–Crippen MR) is 116 cm³/mol. The number of carboxylic acids is 1. The summed E-state index contributed by atoms with van der Waals surface area (Å²) in [6.07, 6.45) is 4.09. The summed E-state index contributed by atoms with van der Waals surface area (Å²) in [5.41, 5.74) is 1.17. The van der Waals surface area contributed by atoms with E-state index >= 15 is 0 Å². The summed E-state index contributed by atoms with van der Waals surface area (Å²) in [6.45, 7) is 1.72. The Labute approximate surface area is 185 Å². The van der Waals surface area contributed by atoms with Gasteiger partial charge in [-0.3, -0.25) is 14.4 Å². The summed E-state index contributed by atoms with van der Waals surface area (Å²) in [4.78, 5) is 35.0. The minimum atomic E-state index is -1.23. The number of aliphatic carboxylic acids is 1. The lowest BCUT2D eigenvalue weighted by Crippen LogP contribution is -2.16. The Morgan fingerprint density at radius 2 is 1.87 bits per heavy atom. The van der Waals surface area contributed by atoms with E-state index in [4.69, 9.17) is 21.4 Å². The van der Waals surface area contributed by atoms with Gasteiger partial charge in [-0.25, -0.2) is 0 Å². The van der Waals surface area contributed by atoms with E-state index in [1.807, 2.05) is 0 Å². The van der Waals surface area contributed by atoms with Crippen LogP contribution < -0.4 is 10.1 Å². The Morgan fingerprint density at radius 1 is 1.16 bits per heavy atom. The largest absolute Gasteiger partial charge is 0.507 e. The second-order valence-corrected chi connectivity index (χ2v) is 8.19. The van der Waals surface area contributed by atoms with Crippen molar-refractivity contribution in [2.24, 2.45) is 5.92 Å². The SMILES string of the molecule is Cc1cc(NC(=O)CC(=O)O)cc(Cl)c1Oc1ccc(O)c(C(=O)CC2CCCC2)c1. The van der Waals surface area contributed by atoms with Crippen molar-refractivity contribution in [1.82, 2.24) is 0 Å². The van der Waals surface area contributed by atoms with E-state index in [1.54, 1.807) is 19.1 Å². The minimum absolute atomic E-state index is 0.0883. The third kappa shape index (κ3) is 5.98. The molecule has 0 unspecified atom stereocenters. The summed E-state index contributed by atoms with van der Waals surface area (Å²) >= 11 is 6.31. The Kier molecular flexibility index (Phi) is 7.17. The van der Waals surface area contributed by atoms with Crippen molar-refractivity contribution in [3.63, 3.8) is 0 Å². The van der Waals surface area contributed by atoms with Crippen LogP contribution in [0.15, 0.2) is 30.3 Å². The van der Waals surface area contributed by atoms with Crippen LogP contribution in [0.5, 0.6) is 17.2 Å². The van der Waals surface area contributed by atoms with Crippen LogP contribution in [0.1, 0.15) is 54.4 Å². The van der Waals surface area contributed by atoms with Gasteiger partial charge in [-0.15, -0.1) is 0 Å². The van der Waals surface area contributed by atoms with Crippen LogP contribution in [0.2, 0.25) is 5.02 Å². The topological polar surface area (TPSA) is 113 Å². The lowest BCUT2D eigenvalue weighted by molar-refractivity contribution is -0.139. The maximum atomic E-state index is 12.7. The molecule has 0 radical (unpaired) electrons. The maximum absolute atomic E-state index is 12.7. The smallest absolute Gasteiger partial charge is 0.312 e. The highest BCUT2D eigenvalue weighted by atomic mass is 35.5. The number of amides is 1. The van der Waals surface area contributed by atoms with Crippen LogP contribution in [0.3, 0.4) is 0 Å². The first-order valence-corrected chi connectivity index (χ1v) is 10.5. The number of carbonyl (C=O) groups is 3. The second kappa shape index (κ2) is 9.83. The fourth-order valence-electron chi connectivity index (χ4n) is 3.78. The van der Waals surface area contributed by atoms with Gasteiger partial charge in [0.05, 0.1) is 10.6 Å². The Hall–Kier alpha value is -3.06. The standard InChI is InChI=1S/C23H24ClNO6/c1-13-8-15(25-21(28)12-22(29)30)10-18(24)23(13)31-16-6-7-19(26)17(11-16)20(27)9-14-4-2-3-5-14/h6-8,10-11,14,26H,2-5,9,12H2,1H3,(H,25,28)(H,29,30). The molecule has 0 aromatic heterocycles. The molecule has 7 nitrogen and oxygen atoms in total. The molecule has 0 atom stereocenters. The number of hydrogen-bond acceptors (Lipinski definition) is 5. The number of benzene rings is 2. The summed E-state index contributed by atoms with van der Waals surface area (Å²) in [5, 5.41) is 21.5. The van der Waals surface area contributed by atoms with Crippen molar-refractivity contribution in [2.75, 3.05) is 5.32 Å². The highest BCUT2D eigenvalue weighted by molar-refractivity contribution is 6.32. The van der Waals surface area contributed by atoms with Crippen LogP contribution >= 0.6 is 11.6 Å². The van der Waals surface area contributed by atoms with Gasteiger partial charge in [0.25, 0.3) is 0 Å². The molecule has 2 aromatic carbocycles. The predicted octanol–water partition coefficient (Wildman–Crippen LogP) is 5.32. The molecular weight excluding hydrogens is 422 g/mol. The number of halogens is 1. The van der Waals surface area contributed by atoms with Crippen LogP contribution in [-0.4, -0.2) is 27.9 Å². The van der Waals surface area contributed by atoms with E-state index in [9.17, 15) is 19.5 Å². The molecule has 31 heavy (non-hydrogen) atoms. The number of phenolic OH excluding ortho intramolecular Hbond substituents is 1. The molecule has 0 bridgehead atoms. The number of rotatable bonds is 8. The first-order chi connectivity index (χ1) is 14.7. The van der Waals surface area contributed by atoms with Gasteiger partial charge >= 0.3 is 5.97 Å². The number of aryl methyl sites for hydroxylation is 1. The molecular formula is C23H24ClNO6. The van der Waals surface area contributed by atoms with E-state index in [0.29, 0.717) is 35.1 Å². The number of hydrogen-bond donors (Lipinski definition) is 3. The highest BCUT2D eigenvalue weighted by Crippen LogP contribution is 2.37. The van der Waals surface area contributed by atoms with Gasteiger partial charge in [-0.05, 0) is 48.7 Å². The zero-order chi connectivity index (χ0) is 22.5. The first kappa shape index (κ1) is 22.6. The fourth-order valence-corrected chi connectivity index (χ4v) is 4.09. The molecule has 1 fully saturated rings.